The van der Waals surface area contributed by atoms with Crippen LogP contribution in [0.3, 0.4) is 0 Å². The van der Waals surface area contributed by atoms with E-state index in [9.17, 15) is 14.4 Å². The van der Waals surface area contributed by atoms with E-state index in [-0.39, 0.29) is 25.0 Å². The standard InChI is InChI=1S/C28H30N2O4S/c1-17-6-4-8-20(14-17)25(31)30-27-24(22-11-10-19(3)16-23(22)35-27)26(32)29-12-13-34-28(33)21-9-5-7-18(2)15-21/h4-9,14-15,19H,10-13,16H2,1-3H3,(H,29,32)(H,30,31). The second kappa shape index (κ2) is 10.9. The number of nitrogens with one attached hydrogen (secondary N) is 2. The molecule has 1 unspecified atom stereocenters. The normalized spacial score (nSPS) is 14.7. The molecule has 0 radical (unpaired) electrons. The van der Waals surface area contributed by atoms with Crippen molar-refractivity contribution in [2.24, 2.45) is 5.92 Å². The molecular weight excluding hydrogens is 460 g/mol. The fraction of sp³-hybridized carbons (Fsp3) is 0.321. The predicted octanol–water partition coefficient (Wildman–Crippen LogP) is 5.33. The van der Waals surface area contributed by atoms with Crippen LogP contribution >= 0.6 is 11.3 Å². The van der Waals surface area contributed by atoms with Crippen molar-refractivity contribution in [1.82, 2.24) is 5.32 Å². The molecule has 1 aliphatic carbocycles. The number of carbonyl (C=O) groups excluding carboxylic acids is 3. The van der Waals surface area contributed by atoms with Gasteiger partial charge in [0.25, 0.3) is 11.8 Å². The number of hydrogen-bond acceptors (Lipinski definition) is 5. The van der Waals surface area contributed by atoms with Crippen LogP contribution in [0.2, 0.25) is 0 Å². The Bertz CT molecular complexity index is 1260. The lowest BCUT2D eigenvalue weighted by atomic mass is 9.88. The summed E-state index contributed by atoms with van der Waals surface area (Å²) in [4.78, 5) is 39.5. The largest absolute Gasteiger partial charge is 0.460 e. The minimum Gasteiger partial charge on any atom is -0.460 e. The Kier molecular flexibility index (Phi) is 7.66. The Labute approximate surface area is 209 Å². The second-order valence-electron chi connectivity index (χ2n) is 9.14. The molecule has 0 aliphatic heterocycles. The number of benzene rings is 2. The van der Waals surface area contributed by atoms with Gasteiger partial charge in [0.05, 0.1) is 17.7 Å². The molecule has 2 aromatic carbocycles. The number of amides is 2. The highest BCUT2D eigenvalue weighted by molar-refractivity contribution is 7.17. The summed E-state index contributed by atoms with van der Waals surface area (Å²) in [5.41, 5.74) is 4.56. The molecule has 1 aliphatic rings. The molecule has 35 heavy (non-hydrogen) atoms. The van der Waals surface area contributed by atoms with Crippen molar-refractivity contribution >= 4 is 34.1 Å². The summed E-state index contributed by atoms with van der Waals surface area (Å²) in [7, 11) is 0. The van der Waals surface area contributed by atoms with Gasteiger partial charge < -0.3 is 15.4 Å². The van der Waals surface area contributed by atoms with Gasteiger partial charge in [-0.1, -0.05) is 42.3 Å². The van der Waals surface area contributed by atoms with E-state index in [1.54, 1.807) is 24.3 Å². The smallest absolute Gasteiger partial charge is 0.338 e. The van der Waals surface area contributed by atoms with Gasteiger partial charge in [-0.25, -0.2) is 4.79 Å². The van der Waals surface area contributed by atoms with E-state index in [0.717, 1.165) is 40.8 Å². The molecule has 0 saturated carbocycles. The molecule has 0 saturated heterocycles. The molecule has 6 nitrogen and oxygen atoms in total. The number of anilines is 1. The van der Waals surface area contributed by atoms with Gasteiger partial charge in [-0.05, 0) is 68.9 Å². The van der Waals surface area contributed by atoms with Crippen LogP contribution < -0.4 is 10.6 Å². The molecule has 0 spiro atoms. The third kappa shape index (κ3) is 5.98. The van der Waals surface area contributed by atoms with Gasteiger partial charge in [0, 0.05) is 10.4 Å². The zero-order valence-corrected chi connectivity index (χ0v) is 21.1. The van der Waals surface area contributed by atoms with Gasteiger partial charge >= 0.3 is 5.97 Å². The summed E-state index contributed by atoms with van der Waals surface area (Å²) in [5, 5.41) is 6.42. The van der Waals surface area contributed by atoms with Crippen molar-refractivity contribution in [2.75, 3.05) is 18.5 Å². The predicted molar refractivity (Wildman–Crippen MR) is 138 cm³/mol. The maximum absolute atomic E-state index is 13.2. The van der Waals surface area contributed by atoms with E-state index in [4.69, 9.17) is 4.74 Å². The number of fused-ring (bicyclic) bond motifs is 1. The summed E-state index contributed by atoms with van der Waals surface area (Å²) in [6, 6.07) is 14.6. The number of ether oxygens (including phenoxy) is 1. The van der Waals surface area contributed by atoms with Crippen LogP contribution in [0.25, 0.3) is 0 Å². The number of rotatable bonds is 7. The average Bonchev–Trinajstić information content (AvgIpc) is 3.18. The fourth-order valence-electron chi connectivity index (χ4n) is 4.29. The third-order valence-electron chi connectivity index (χ3n) is 6.12. The van der Waals surface area contributed by atoms with E-state index in [1.807, 2.05) is 38.1 Å². The van der Waals surface area contributed by atoms with E-state index < -0.39 is 5.97 Å². The average molecular weight is 491 g/mol. The zero-order valence-electron chi connectivity index (χ0n) is 20.3. The molecule has 1 aromatic heterocycles. The minimum absolute atomic E-state index is 0.0624. The van der Waals surface area contributed by atoms with Gasteiger partial charge in [0.2, 0.25) is 0 Å². The third-order valence-corrected chi connectivity index (χ3v) is 7.29. The molecule has 2 N–H and O–H groups in total. The lowest BCUT2D eigenvalue weighted by molar-refractivity contribution is 0.0503. The summed E-state index contributed by atoms with van der Waals surface area (Å²) >= 11 is 1.49. The molecular formula is C28H30N2O4S. The van der Waals surface area contributed by atoms with Crippen molar-refractivity contribution in [3.05, 3.63) is 86.8 Å². The number of hydrogen-bond donors (Lipinski definition) is 2. The topological polar surface area (TPSA) is 84.5 Å². The van der Waals surface area contributed by atoms with Crippen LogP contribution in [-0.2, 0) is 17.6 Å². The van der Waals surface area contributed by atoms with E-state index in [0.29, 0.717) is 27.6 Å². The Balaban J connectivity index is 1.45. The first kappa shape index (κ1) is 24.7. The van der Waals surface area contributed by atoms with Gasteiger partial charge in [-0.15, -0.1) is 11.3 Å². The highest BCUT2D eigenvalue weighted by atomic mass is 32.1. The fourth-order valence-corrected chi connectivity index (χ4v) is 5.70. The minimum atomic E-state index is -0.420. The lowest BCUT2D eigenvalue weighted by Crippen LogP contribution is -2.30. The molecule has 0 bridgehead atoms. The van der Waals surface area contributed by atoms with E-state index >= 15 is 0 Å². The summed E-state index contributed by atoms with van der Waals surface area (Å²) in [5.74, 6) is -0.376. The molecule has 4 rings (SSSR count). The van der Waals surface area contributed by atoms with Crippen molar-refractivity contribution in [3.63, 3.8) is 0 Å². The second-order valence-corrected chi connectivity index (χ2v) is 10.2. The Morgan fingerprint density at radius 2 is 1.69 bits per heavy atom. The lowest BCUT2D eigenvalue weighted by Gasteiger charge is -2.18. The van der Waals surface area contributed by atoms with Crippen molar-refractivity contribution < 1.29 is 19.1 Å². The highest BCUT2D eigenvalue weighted by Crippen LogP contribution is 2.39. The summed E-state index contributed by atoms with van der Waals surface area (Å²) < 4.78 is 5.32. The monoisotopic (exact) mass is 490 g/mol. The number of esters is 1. The summed E-state index contributed by atoms with van der Waals surface area (Å²) in [6.07, 6.45) is 2.70. The highest BCUT2D eigenvalue weighted by Gasteiger charge is 2.28. The first-order valence-electron chi connectivity index (χ1n) is 11.9. The van der Waals surface area contributed by atoms with Crippen LogP contribution in [0, 0.1) is 19.8 Å². The maximum atomic E-state index is 13.2. The zero-order chi connectivity index (χ0) is 24.9. The first-order valence-corrected chi connectivity index (χ1v) is 12.7. The van der Waals surface area contributed by atoms with Crippen LogP contribution in [0.5, 0.6) is 0 Å². The van der Waals surface area contributed by atoms with Crippen molar-refractivity contribution in [3.8, 4) is 0 Å². The van der Waals surface area contributed by atoms with Crippen LogP contribution in [0.4, 0.5) is 5.00 Å². The molecule has 7 heteroatoms. The maximum Gasteiger partial charge on any atom is 0.338 e. The number of carbonyl (C=O) groups is 3. The van der Waals surface area contributed by atoms with Gasteiger partial charge in [-0.3, -0.25) is 9.59 Å². The van der Waals surface area contributed by atoms with Crippen LogP contribution in [0.1, 0.15) is 66.0 Å². The molecule has 182 valence electrons. The number of aryl methyl sites for hydroxylation is 2. The van der Waals surface area contributed by atoms with Crippen molar-refractivity contribution in [1.29, 1.82) is 0 Å². The molecule has 2 amide bonds. The summed E-state index contributed by atoms with van der Waals surface area (Å²) in [6.45, 7) is 6.30. The number of thiophene rings is 1. The SMILES string of the molecule is Cc1cccc(C(=O)Nc2sc3c(c2C(=O)NCCOC(=O)c2cccc(C)c2)CCC(C)C3)c1. The van der Waals surface area contributed by atoms with E-state index in [1.165, 1.54) is 11.3 Å². The molecule has 1 atom stereocenters. The first-order chi connectivity index (χ1) is 16.8. The molecule has 1 heterocycles. The Hall–Kier alpha value is -3.45. The molecule has 3 aromatic rings. The van der Waals surface area contributed by atoms with Crippen LogP contribution in [0.15, 0.2) is 48.5 Å². The molecule has 0 fully saturated rings. The van der Waals surface area contributed by atoms with Crippen molar-refractivity contribution in [2.45, 2.75) is 40.0 Å². The Morgan fingerprint density at radius 1 is 1.00 bits per heavy atom. The van der Waals surface area contributed by atoms with Gasteiger partial charge in [-0.2, -0.15) is 0 Å². The quantitative estimate of drug-likeness (QED) is 0.346. The van der Waals surface area contributed by atoms with Crippen LogP contribution in [-0.4, -0.2) is 30.9 Å². The Morgan fingerprint density at radius 3 is 2.40 bits per heavy atom. The van der Waals surface area contributed by atoms with E-state index in [2.05, 4.69) is 17.6 Å². The van der Waals surface area contributed by atoms with Gasteiger partial charge in [0.15, 0.2) is 0 Å². The van der Waals surface area contributed by atoms with Gasteiger partial charge in [0.1, 0.15) is 11.6 Å².